The fourth-order valence-corrected chi connectivity index (χ4v) is 2.39. The Morgan fingerprint density at radius 3 is 2.86 bits per heavy atom. The summed E-state index contributed by atoms with van der Waals surface area (Å²) in [7, 11) is 0. The standard InChI is InChI=1S/C9H16N4S/c10-5-8-1-3-13(4-2-8)7-9-6-11-12-14-9/h6,8H,1-5,7,10H2. The average molecular weight is 212 g/mol. The Morgan fingerprint density at radius 2 is 2.29 bits per heavy atom. The van der Waals surface area contributed by atoms with Crippen LogP contribution in [0, 0.1) is 5.92 Å². The first kappa shape index (κ1) is 10.0. The van der Waals surface area contributed by atoms with Gasteiger partial charge in [0.05, 0.1) is 11.1 Å². The average Bonchev–Trinajstić information content (AvgIpc) is 2.72. The summed E-state index contributed by atoms with van der Waals surface area (Å²) < 4.78 is 3.86. The molecule has 0 atom stereocenters. The number of hydrogen-bond acceptors (Lipinski definition) is 5. The van der Waals surface area contributed by atoms with Crippen LogP contribution in [-0.2, 0) is 6.54 Å². The van der Waals surface area contributed by atoms with E-state index in [1.807, 2.05) is 6.20 Å². The van der Waals surface area contributed by atoms with Gasteiger partial charge in [-0.3, -0.25) is 4.90 Å². The van der Waals surface area contributed by atoms with E-state index < -0.39 is 0 Å². The van der Waals surface area contributed by atoms with Crippen LogP contribution in [0.25, 0.3) is 0 Å². The molecule has 1 aliphatic rings. The molecule has 0 amide bonds. The van der Waals surface area contributed by atoms with E-state index in [1.54, 1.807) is 0 Å². The molecular formula is C9H16N4S. The molecule has 1 saturated heterocycles. The molecule has 0 aromatic carbocycles. The molecule has 1 fully saturated rings. The molecule has 0 aliphatic carbocycles. The Balaban J connectivity index is 1.79. The molecule has 0 saturated carbocycles. The van der Waals surface area contributed by atoms with E-state index in [4.69, 9.17) is 5.73 Å². The van der Waals surface area contributed by atoms with E-state index in [1.165, 1.54) is 42.3 Å². The summed E-state index contributed by atoms with van der Waals surface area (Å²) in [5.74, 6) is 0.742. The molecule has 1 aromatic heterocycles. The van der Waals surface area contributed by atoms with Crippen LogP contribution in [-0.4, -0.2) is 34.1 Å². The summed E-state index contributed by atoms with van der Waals surface area (Å²) in [6, 6.07) is 0. The normalized spacial score (nSPS) is 20.1. The summed E-state index contributed by atoms with van der Waals surface area (Å²) in [6.45, 7) is 4.18. The first-order valence-corrected chi connectivity index (χ1v) is 5.84. The van der Waals surface area contributed by atoms with E-state index >= 15 is 0 Å². The van der Waals surface area contributed by atoms with E-state index in [0.29, 0.717) is 0 Å². The zero-order chi connectivity index (χ0) is 9.80. The molecular weight excluding hydrogens is 196 g/mol. The smallest absolute Gasteiger partial charge is 0.0666 e. The molecule has 5 heteroatoms. The van der Waals surface area contributed by atoms with Gasteiger partial charge < -0.3 is 5.73 Å². The molecule has 0 radical (unpaired) electrons. The highest BCUT2D eigenvalue weighted by molar-refractivity contribution is 7.05. The van der Waals surface area contributed by atoms with Gasteiger partial charge in [-0.2, -0.15) is 0 Å². The highest BCUT2D eigenvalue weighted by atomic mass is 32.1. The summed E-state index contributed by atoms with van der Waals surface area (Å²) in [6.07, 6.45) is 4.34. The van der Waals surface area contributed by atoms with E-state index in [0.717, 1.165) is 19.0 Å². The van der Waals surface area contributed by atoms with Crippen LogP contribution < -0.4 is 5.73 Å². The maximum Gasteiger partial charge on any atom is 0.0666 e. The second-order valence-electron chi connectivity index (χ2n) is 3.84. The Bertz CT molecular complexity index is 254. The van der Waals surface area contributed by atoms with Crippen LogP contribution >= 0.6 is 11.5 Å². The monoisotopic (exact) mass is 212 g/mol. The van der Waals surface area contributed by atoms with Crippen molar-refractivity contribution >= 4 is 11.5 Å². The molecule has 14 heavy (non-hydrogen) atoms. The highest BCUT2D eigenvalue weighted by Gasteiger charge is 2.18. The lowest BCUT2D eigenvalue weighted by Gasteiger charge is -2.30. The lowest BCUT2D eigenvalue weighted by molar-refractivity contribution is 0.182. The lowest BCUT2D eigenvalue weighted by Crippen LogP contribution is -2.35. The SMILES string of the molecule is NCC1CCN(Cc2cnns2)CC1. The third-order valence-electron chi connectivity index (χ3n) is 2.83. The number of piperidine rings is 1. The predicted octanol–water partition coefficient (Wildman–Crippen LogP) is 0.709. The molecule has 1 aliphatic heterocycles. The van der Waals surface area contributed by atoms with Gasteiger partial charge >= 0.3 is 0 Å². The molecule has 1 aromatic rings. The summed E-state index contributed by atoms with van der Waals surface area (Å²) in [5.41, 5.74) is 5.65. The Kier molecular flexibility index (Phi) is 3.44. The van der Waals surface area contributed by atoms with E-state index in [-0.39, 0.29) is 0 Å². The quantitative estimate of drug-likeness (QED) is 0.801. The van der Waals surface area contributed by atoms with Crippen molar-refractivity contribution in [2.24, 2.45) is 11.7 Å². The third-order valence-corrected chi connectivity index (χ3v) is 3.47. The van der Waals surface area contributed by atoms with Crippen molar-refractivity contribution in [1.82, 2.24) is 14.5 Å². The lowest BCUT2D eigenvalue weighted by atomic mass is 9.97. The fraction of sp³-hybridized carbons (Fsp3) is 0.778. The van der Waals surface area contributed by atoms with Crippen LogP contribution in [0.3, 0.4) is 0 Å². The molecule has 0 bridgehead atoms. The van der Waals surface area contributed by atoms with Crippen molar-refractivity contribution in [3.63, 3.8) is 0 Å². The van der Waals surface area contributed by atoms with Gasteiger partial charge in [-0.1, -0.05) is 4.49 Å². The van der Waals surface area contributed by atoms with Crippen molar-refractivity contribution in [1.29, 1.82) is 0 Å². The van der Waals surface area contributed by atoms with E-state index in [9.17, 15) is 0 Å². The molecule has 2 rings (SSSR count). The minimum Gasteiger partial charge on any atom is -0.330 e. The van der Waals surface area contributed by atoms with Crippen LogP contribution in [0.2, 0.25) is 0 Å². The predicted molar refractivity (Wildman–Crippen MR) is 57.0 cm³/mol. The molecule has 0 spiro atoms. The number of hydrogen-bond donors (Lipinski definition) is 1. The number of rotatable bonds is 3. The van der Waals surface area contributed by atoms with E-state index in [2.05, 4.69) is 14.5 Å². The van der Waals surface area contributed by atoms with Crippen LogP contribution in [0.15, 0.2) is 6.20 Å². The molecule has 4 nitrogen and oxygen atoms in total. The van der Waals surface area contributed by atoms with Crippen molar-refractivity contribution in [2.75, 3.05) is 19.6 Å². The Labute approximate surface area is 88.3 Å². The molecule has 2 heterocycles. The van der Waals surface area contributed by atoms with Crippen molar-refractivity contribution in [2.45, 2.75) is 19.4 Å². The number of aromatic nitrogens is 2. The summed E-state index contributed by atoms with van der Waals surface area (Å²) >= 11 is 1.50. The third kappa shape index (κ3) is 2.50. The van der Waals surface area contributed by atoms with Crippen LogP contribution in [0.5, 0.6) is 0 Å². The van der Waals surface area contributed by atoms with Crippen molar-refractivity contribution < 1.29 is 0 Å². The topological polar surface area (TPSA) is 55.0 Å². The van der Waals surface area contributed by atoms with Gasteiger partial charge in [-0.15, -0.1) is 5.10 Å². The summed E-state index contributed by atoms with van der Waals surface area (Å²) in [4.78, 5) is 3.72. The Morgan fingerprint density at radius 1 is 1.50 bits per heavy atom. The van der Waals surface area contributed by atoms with Gasteiger partial charge in [-0.05, 0) is 49.9 Å². The van der Waals surface area contributed by atoms with Gasteiger partial charge in [0.15, 0.2) is 0 Å². The van der Waals surface area contributed by atoms with Gasteiger partial charge in [0.1, 0.15) is 0 Å². The number of likely N-dealkylation sites (tertiary alicyclic amines) is 1. The first-order chi connectivity index (χ1) is 6.88. The van der Waals surface area contributed by atoms with Crippen LogP contribution in [0.1, 0.15) is 17.7 Å². The number of nitrogens with two attached hydrogens (primary N) is 1. The first-order valence-electron chi connectivity index (χ1n) is 5.07. The minimum absolute atomic E-state index is 0.742. The minimum atomic E-state index is 0.742. The van der Waals surface area contributed by atoms with Crippen molar-refractivity contribution in [3.05, 3.63) is 11.1 Å². The second kappa shape index (κ2) is 4.82. The van der Waals surface area contributed by atoms with Gasteiger partial charge in [0.25, 0.3) is 0 Å². The summed E-state index contributed by atoms with van der Waals surface area (Å²) in [5, 5.41) is 3.84. The molecule has 2 N–H and O–H groups in total. The number of nitrogens with zero attached hydrogens (tertiary/aromatic N) is 3. The van der Waals surface area contributed by atoms with Crippen molar-refractivity contribution in [3.8, 4) is 0 Å². The largest absolute Gasteiger partial charge is 0.330 e. The zero-order valence-electron chi connectivity index (χ0n) is 8.22. The molecule has 78 valence electrons. The maximum absolute atomic E-state index is 5.65. The zero-order valence-corrected chi connectivity index (χ0v) is 9.04. The fourth-order valence-electron chi connectivity index (χ4n) is 1.86. The maximum atomic E-state index is 5.65. The second-order valence-corrected chi connectivity index (χ2v) is 4.71. The van der Waals surface area contributed by atoms with Gasteiger partial charge in [-0.25, -0.2) is 0 Å². The molecule has 0 unspecified atom stereocenters. The Hall–Kier alpha value is -0.520. The van der Waals surface area contributed by atoms with Gasteiger partial charge in [0.2, 0.25) is 0 Å². The highest BCUT2D eigenvalue weighted by Crippen LogP contribution is 2.18. The van der Waals surface area contributed by atoms with Crippen LogP contribution in [0.4, 0.5) is 0 Å². The van der Waals surface area contributed by atoms with Gasteiger partial charge in [0, 0.05) is 6.54 Å².